The summed E-state index contributed by atoms with van der Waals surface area (Å²) in [4.78, 5) is 0. The Morgan fingerprint density at radius 2 is 1.48 bits per heavy atom. The van der Waals surface area contributed by atoms with Crippen molar-refractivity contribution in [3.8, 4) is 11.5 Å². The fraction of sp³-hybridized carbons (Fsp3) is 0.778. The Labute approximate surface area is 180 Å². The highest BCUT2D eigenvalue weighted by molar-refractivity contribution is 5.48. The van der Waals surface area contributed by atoms with E-state index in [1.54, 1.807) is 6.07 Å². The van der Waals surface area contributed by atoms with Crippen molar-refractivity contribution < 1.29 is 10.2 Å². The van der Waals surface area contributed by atoms with Gasteiger partial charge in [0, 0.05) is 5.56 Å². The third-order valence-corrected chi connectivity index (χ3v) is 7.41. The number of aryl methyl sites for hydroxylation is 1. The summed E-state index contributed by atoms with van der Waals surface area (Å²) in [5.41, 5.74) is 2.91. The summed E-state index contributed by atoms with van der Waals surface area (Å²) in [6.07, 6.45) is 18.2. The van der Waals surface area contributed by atoms with Gasteiger partial charge in [-0.25, -0.2) is 0 Å². The fourth-order valence-electron chi connectivity index (χ4n) is 4.24. The number of phenolic OH excluding ortho intramolecular Hbond substituents is 2. The number of unbranched alkanes of at least 4 members (excludes halogenated alkanes) is 6. The number of aromatic hydroxyl groups is 2. The first-order valence-electron chi connectivity index (χ1n) is 12.3. The maximum atomic E-state index is 10.7. The molecule has 166 valence electrons. The minimum Gasteiger partial charge on any atom is -0.508 e. The molecule has 0 amide bonds. The Hall–Kier alpha value is -1.18. The van der Waals surface area contributed by atoms with E-state index in [1.165, 1.54) is 70.6 Å². The fourth-order valence-corrected chi connectivity index (χ4v) is 4.24. The lowest BCUT2D eigenvalue weighted by Gasteiger charge is -2.22. The van der Waals surface area contributed by atoms with Crippen molar-refractivity contribution in [3.63, 3.8) is 0 Å². The molecule has 0 saturated heterocycles. The highest BCUT2D eigenvalue weighted by Gasteiger charge is 2.35. The molecular weight excluding hydrogens is 356 g/mol. The number of benzene rings is 1. The van der Waals surface area contributed by atoms with Crippen molar-refractivity contribution >= 4 is 0 Å². The quantitative estimate of drug-likeness (QED) is 0.289. The first kappa shape index (κ1) is 24.1. The van der Waals surface area contributed by atoms with Gasteiger partial charge in [0.05, 0.1) is 0 Å². The first-order valence-corrected chi connectivity index (χ1v) is 12.3. The second kappa shape index (κ2) is 11.3. The Morgan fingerprint density at radius 1 is 0.862 bits per heavy atom. The Kier molecular flexibility index (Phi) is 9.37. The van der Waals surface area contributed by atoms with E-state index in [-0.39, 0.29) is 5.75 Å². The van der Waals surface area contributed by atoms with Gasteiger partial charge in [0.15, 0.2) is 0 Å². The number of phenols is 2. The molecule has 0 radical (unpaired) electrons. The number of hydrogen-bond acceptors (Lipinski definition) is 2. The van der Waals surface area contributed by atoms with Crippen LogP contribution in [0.3, 0.4) is 0 Å². The summed E-state index contributed by atoms with van der Waals surface area (Å²) >= 11 is 0. The van der Waals surface area contributed by atoms with Crippen LogP contribution in [0.4, 0.5) is 0 Å². The van der Waals surface area contributed by atoms with Gasteiger partial charge in [-0.3, -0.25) is 0 Å². The normalized spacial score (nSPS) is 15.6. The van der Waals surface area contributed by atoms with Crippen LogP contribution in [0.15, 0.2) is 12.1 Å². The van der Waals surface area contributed by atoms with Gasteiger partial charge in [0.25, 0.3) is 0 Å². The summed E-state index contributed by atoms with van der Waals surface area (Å²) in [5, 5.41) is 20.9. The largest absolute Gasteiger partial charge is 0.508 e. The van der Waals surface area contributed by atoms with Gasteiger partial charge in [-0.2, -0.15) is 0 Å². The zero-order valence-electron chi connectivity index (χ0n) is 19.7. The first-order chi connectivity index (χ1) is 13.8. The van der Waals surface area contributed by atoms with Gasteiger partial charge in [0.1, 0.15) is 11.5 Å². The van der Waals surface area contributed by atoms with Crippen molar-refractivity contribution in [3.05, 3.63) is 23.3 Å². The second-order valence-electron chi connectivity index (χ2n) is 10.7. The van der Waals surface area contributed by atoms with Crippen molar-refractivity contribution in [1.29, 1.82) is 0 Å². The lowest BCUT2D eigenvalue weighted by atomic mass is 9.84. The molecule has 1 aliphatic rings. The molecular formula is C27H46O2. The molecule has 2 nitrogen and oxygen atoms in total. The maximum Gasteiger partial charge on any atom is 0.125 e. The number of rotatable bonds is 15. The van der Waals surface area contributed by atoms with E-state index in [1.807, 2.05) is 6.07 Å². The maximum absolute atomic E-state index is 10.7. The lowest BCUT2D eigenvalue weighted by Crippen LogP contribution is -2.08. The van der Waals surface area contributed by atoms with Gasteiger partial charge in [-0.05, 0) is 73.8 Å². The van der Waals surface area contributed by atoms with Gasteiger partial charge in [-0.1, -0.05) is 78.7 Å². The topological polar surface area (TPSA) is 40.5 Å². The zero-order valence-corrected chi connectivity index (χ0v) is 19.7. The standard InChI is InChI=1S/C27H46O2/c1-5-26(2,3)18-12-8-7-11-15-23-24(28)17-16-22(25(23)29)14-10-6-9-13-19-27(4)20-21-27/h16-17,28-29H,5-15,18-21H2,1-4H3. The van der Waals surface area contributed by atoms with Crippen LogP contribution in [-0.4, -0.2) is 10.2 Å². The second-order valence-corrected chi connectivity index (χ2v) is 10.7. The minimum atomic E-state index is 0.260. The van der Waals surface area contributed by atoms with Gasteiger partial charge in [0.2, 0.25) is 0 Å². The van der Waals surface area contributed by atoms with Crippen LogP contribution < -0.4 is 0 Å². The highest BCUT2D eigenvalue weighted by Crippen LogP contribution is 2.49. The molecule has 0 bridgehead atoms. The molecule has 0 heterocycles. The number of hydrogen-bond donors (Lipinski definition) is 2. The molecule has 2 rings (SSSR count). The molecule has 1 aromatic carbocycles. The summed E-state index contributed by atoms with van der Waals surface area (Å²) < 4.78 is 0. The van der Waals surface area contributed by atoms with Crippen LogP contribution in [0.2, 0.25) is 0 Å². The summed E-state index contributed by atoms with van der Waals surface area (Å²) in [5.74, 6) is 0.610. The molecule has 0 unspecified atom stereocenters. The SMILES string of the molecule is CCC(C)(C)CCCCCCc1c(O)ccc(CCCCCCC2(C)CC2)c1O. The van der Waals surface area contributed by atoms with Crippen LogP contribution in [0.5, 0.6) is 11.5 Å². The predicted molar refractivity (Wildman–Crippen MR) is 125 cm³/mol. The Morgan fingerprint density at radius 3 is 2.14 bits per heavy atom. The van der Waals surface area contributed by atoms with Crippen LogP contribution in [0.1, 0.15) is 122 Å². The summed E-state index contributed by atoms with van der Waals surface area (Å²) in [6, 6.07) is 3.69. The van der Waals surface area contributed by atoms with E-state index < -0.39 is 0 Å². The molecule has 1 aromatic rings. The van der Waals surface area contributed by atoms with Crippen LogP contribution in [0.25, 0.3) is 0 Å². The summed E-state index contributed by atoms with van der Waals surface area (Å²) in [7, 11) is 0. The van der Waals surface area contributed by atoms with Crippen molar-refractivity contribution in [2.24, 2.45) is 10.8 Å². The third-order valence-electron chi connectivity index (χ3n) is 7.41. The van der Waals surface area contributed by atoms with Gasteiger partial charge < -0.3 is 10.2 Å². The van der Waals surface area contributed by atoms with Gasteiger partial charge in [-0.15, -0.1) is 0 Å². The molecule has 1 aliphatic carbocycles. The van der Waals surface area contributed by atoms with E-state index >= 15 is 0 Å². The Bertz CT molecular complexity index is 613. The zero-order chi connectivity index (χ0) is 21.3. The smallest absolute Gasteiger partial charge is 0.125 e. The van der Waals surface area contributed by atoms with Gasteiger partial charge >= 0.3 is 0 Å². The Balaban J connectivity index is 1.67. The molecule has 1 fully saturated rings. The molecule has 0 spiro atoms. The monoisotopic (exact) mass is 402 g/mol. The van der Waals surface area contributed by atoms with E-state index in [0.717, 1.165) is 36.8 Å². The van der Waals surface area contributed by atoms with E-state index in [4.69, 9.17) is 0 Å². The highest BCUT2D eigenvalue weighted by atomic mass is 16.3. The van der Waals surface area contributed by atoms with E-state index in [2.05, 4.69) is 27.7 Å². The molecule has 1 saturated carbocycles. The average molecular weight is 403 g/mol. The molecule has 0 aromatic heterocycles. The van der Waals surface area contributed by atoms with Crippen LogP contribution in [0, 0.1) is 10.8 Å². The van der Waals surface area contributed by atoms with E-state index in [0.29, 0.717) is 16.6 Å². The lowest BCUT2D eigenvalue weighted by molar-refractivity contribution is 0.307. The molecule has 0 atom stereocenters. The van der Waals surface area contributed by atoms with Crippen molar-refractivity contribution in [2.45, 2.75) is 124 Å². The van der Waals surface area contributed by atoms with Crippen molar-refractivity contribution in [2.75, 3.05) is 0 Å². The average Bonchev–Trinajstić information content (AvgIpc) is 3.42. The van der Waals surface area contributed by atoms with Crippen LogP contribution >= 0.6 is 0 Å². The molecule has 29 heavy (non-hydrogen) atoms. The predicted octanol–water partition coefficient (Wildman–Crippen LogP) is 8.32. The summed E-state index contributed by atoms with van der Waals surface area (Å²) in [6.45, 7) is 9.38. The minimum absolute atomic E-state index is 0.260. The molecule has 0 aliphatic heterocycles. The molecule has 2 heteroatoms. The van der Waals surface area contributed by atoms with Crippen molar-refractivity contribution in [1.82, 2.24) is 0 Å². The van der Waals surface area contributed by atoms with E-state index in [9.17, 15) is 10.2 Å². The third kappa shape index (κ3) is 8.60. The van der Waals surface area contributed by atoms with Crippen LogP contribution in [-0.2, 0) is 12.8 Å². The molecule has 2 N–H and O–H groups in total.